The average Bonchev–Trinajstić information content (AvgIpc) is 2.90. The summed E-state index contributed by atoms with van der Waals surface area (Å²) < 4.78 is 11.4. The standard InChI is InChI=1S/C30H38N2O3/c1-4-6-7-8-9-10-13-24-16-18-25(19-17-24)30(33)35-29-21-31-27(20-32-29)26-14-11-12-15-28(26)34-22-23(3)5-2/h11-12,14-21,23H,4-10,13,22H2,1-3H3/t23-/m0/s1. The summed E-state index contributed by atoms with van der Waals surface area (Å²) in [6.07, 6.45) is 12.8. The highest BCUT2D eigenvalue weighted by molar-refractivity contribution is 5.90. The van der Waals surface area contributed by atoms with Crippen molar-refractivity contribution in [2.24, 2.45) is 5.92 Å². The van der Waals surface area contributed by atoms with Crippen molar-refractivity contribution in [2.45, 2.75) is 72.1 Å². The zero-order valence-electron chi connectivity index (χ0n) is 21.3. The fourth-order valence-electron chi connectivity index (χ4n) is 3.73. The lowest BCUT2D eigenvalue weighted by molar-refractivity contribution is 0.0727. The van der Waals surface area contributed by atoms with Gasteiger partial charge in [0.25, 0.3) is 0 Å². The first-order chi connectivity index (χ1) is 17.1. The van der Waals surface area contributed by atoms with Crippen LogP contribution < -0.4 is 9.47 Å². The van der Waals surface area contributed by atoms with Gasteiger partial charge in [-0.3, -0.25) is 0 Å². The second-order valence-electron chi connectivity index (χ2n) is 9.16. The predicted molar refractivity (Wildman–Crippen MR) is 141 cm³/mol. The van der Waals surface area contributed by atoms with E-state index in [2.05, 4.69) is 30.7 Å². The summed E-state index contributed by atoms with van der Waals surface area (Å²) in [6.45, 7) is 7.19. The molecule has 35 heavy (non-hydrogen) atoms. The molecule has 1 atom stereocenters. The Balaban J connectivity index is 1.54. The number of hydrogen-bond acceptors (Lipinski definition) is 5. The van der Waals surface area contributed by atoms with Crippen LogP contribution in [0.25, 0.3) is 11.3 Å². The van der Waals surface area contributed by atoms with Crippen LogP contribution in [0, 0.1) is 5.92 Å². The molecule has 3 rings (SSSR count). The summed E-state index contributed by atoms with van der Waals surface area (Å²) in [4.78, 5) is 21.3. The van der Waals surface area contributed by atoms with Gasteiger partial charge in [-0.15, -0.1) is 0 Å². The van der Waals surface area contributed by atoms with Gasteiger partial charge in [0, 0.05) is 5.56 Å². The Morgan fingerprint density at radius 1 is 0.886 bits per heavy atom. The first kappa shape index (κ1) is 26.4. The third-order valence-corrected chi connectivity index (χ3v) is 6.22. The molecule has 5 nitrogen and oxygen atoms in total. The fourth-order valence-corrected chi connectivity index (χ4v) is 3.73. The number of carbonyl (C=O) groups excluding carboxylic acids is 1. The van der Waals surface area contributed by atoms with Crippen LogP contribution >= 0.6 is 0 Å². The molecule has 0 aliphatic heterocycles. The molecule has 3 aromatic rings. The Bertz CT molecular complexity index is 1030. The van der Waals surface area contributed by atoms with Crippen LogP contribution in [0.2, 0.25) is 0 Å². The Labute approximate surface area is 209 Å². The molecular formula is C30H38N2O3. The number of para-hydroxylation sites is 1. The summed E-state index contributed by atoms with van der Waals surface area (Å²) in [5.41, 5.74) is 3.28. The first-order valence-corrected chi connectivity index (χ1v) is 13.0. The Morgan fingerprint density at radius 2 is 1.63 bits per heavy atom. The van der Waals surface area contributed by atoms with Gasteiger partial charge in [0.2, 0.25) is 5.88 Å². The van der Waals surface area contributed by atoms with Crippen LogP contribution in [0.15, 0.2) is 60.9 Å². The number of benzene rings is 2. The average molecular weight is 475 g/mol. The molecule has 0 spiro atoms. The minimum atomic E-state index is -0.435. The van der Waals surface area contributed by atoms with E-state index in [1.165, 1.54) is 50.3 Å². The molecular weight excluding hydrogens is 436 g/mol. The van der Waals surface area contributed by atoms with E-state index in [-0.39, 0.29) is 5.88 Å². The summed E-state index contributed by atoms with van der Waals surface area (Å²) in [7, 11) is 0. The molecule has 0 unspecified atom stereocenters. The molecule has 5 heteroatoms. The summed E-state index contributed by atoms with van der Waals surface area (Å²) in [6, 6.07) is 15.4. The van der Waals surface area contributed by atoms with Gasteiger partial charge in [-0.25, -0.2) is 14.8 Å². The number of esters is 1. The quantitative estimate of drug-likeness (QED) is 0.177. The third kappa shape index (κ3) is 8.50. The van der Waals surface area contributed by atoms with Crippen molar-refractivity contribution in [1.29, 1.82) is 0 Å². The van der Waals surface area contributed by atoms with Crippen molar-refractivity contribution in [1.82, 2.24) is 9.97 Å². The van der Waals surface area contributed by atoms with Gasteiger partial charge in [0.15, 0.2) is 0 Å². The number of carbonyl (C=O) groups is 1. The van der Waals surface area contributed by atoms with E-state index in [9.17, 15) is 4.79 Å². The molecule has 0 saturated carbocycles. The molecule has 0 amide bonds. The molecule has 1 aromatic heterocycles. The first-order valence-electron chi connectivity index (χ1n) is 13.0. The van der Waals surface area contributed by atoms with E-state index in [0.29, 0.717) is 23.8 Å². The molecule has 0 radical (unpaired) electrons. The van der Waals surface area contributed by atoms with Gasteiger partial charge in [-0.05, 0) is 48.6 Å². The van der Waals surface area contributed by atoms with Crippen molar-refractivity contribution < 1.29 is 14.3 Å². The van der Waals surface area contributed by atoms with Crippen molar-refractivity contribution in [3.63, 3.8) is 0 Å². The van der Waals surface area contributed by atoms with Crippen LogP contribution in [-0.2, 0) is 6.42 Å². The van der Waals surface area contributed by atoms with Crippen LogP contribution in [0.5, 0.6) is 11.6 Å². The van der Waals surface area contributed by atoms with Gasteiger partial charge in [0.1, 0.15) is 5.75 Å². The monoisotopic (exact) mass is 474 g/mol. The van der Waals surface area contributed by atoms with Gasteiger partial charge in [-0.1, -0.05) is 83.6 Å². The van der Waals surface area contributed by atoms with Crippen LogP contribution in [-0.4, -0.2) is 22.5 Å². The van der Waals surface area contributed by atoms with Gasteiger partial charge >= 0.3 is 5.97 Å². The highest BCUT2D eigenvalue weighted by Gasteiger charge is 2.13. The van der Waals surface area contributed by atoms with E-state index in [4.69, 9.17) is 9.47 Å². The lowest BCUT2D eigenvalue weighted by Gasteiger charge is -2.14. The lowest BCUT2D eigenvalue weighted by atomic mass is 10.0. The predicted octanol–water partition coefficient (Wildman–Crippen LogP) is 7.69. The number of aryl methyl sites for hydroxylation is 1. The Hall–Kier alpha value is -3.21. The van der Waals surface area contributed by atoms with Crippen molar-refractivity contribution in [3.05, 3.63) is 72.1 Å². The van der Waals surface area contributed by atoms with Crippen molar-refractivity contribution in [3.8, 4) is 22.9 Å². The maximum Gasteiger partial charge on any atom is 0.344 e. The Morgan fingerprint density at radius 3 is 2.34 bits per heavy atom. The zero-order chi connectivity index (χ0) is 24.9. The highest BCUT2D eigenvalue weighted by atomic mass is 16.5. The summed E-state index contributed by atoms with van der Waals surface area (Å²) >= 11 is 0. The molecule has 2 aromatic carbocycles. The molecule has 0 fully saturated rings. The van der Waals surface area contributed by atoms with E-state index >= 15 is 0 Å². The van der Waals surface area contributed by atoms with Crippen molar-refractivity contribution >= 4 is 5.97 Å². The number of unbranched alkanes of at least 4 members (excludes halogenated alkanes) is 5. The van der Waals surface area contributed by atoms with E-state index in [1.807, 2.05) is 48.5 Å². The highest BCUT2D eigenvalue weighted by Crippen LogP contribution is 2.29. The molecule has 1 heterocycles. The minimum Gasteiger partial charge on any atom is -0.493 e. The number of aromatic nitrogens is 2. The van der Waals surface area contributed by atoms with Crippen LogP contribution in [0.3, 0.4) is 0 Å². The molecule has 0 aliphatic carbocycles. The van der Waals surface area contributed by atoms with E-state index in [0.717, 1.165) is 24.2 Å². The number of ether oxygens (including phenoxy) is 2. The maximum atomic E-state index is 12.6. The van der Waals surface area contributed by atoms with E-state index in [1.54, 1.807) is 6.20 Å². The summed E-state index contributed by atoms with van der Waals surface area (Å²) in [5, 5.41) is 0. The molecule has 0 N–H and O–H groups in total. The second-order valence-corrected chi connectivity index (χ2v) is 9.16. The normalized spacial score (nSPS) is 11.7. The summed E-state index contributed by atoms with van der Waals surface area (Å²) in [5.74, 6) is 0.983. The second kappa shape index (κ2) is 14.2. The van der Waals surface area contributed by atoms with Crippen molar-refractivity contribution in [2.75, 3.05) is 6.61 Å². The molecule has 186 valence electrons. The largest absolute Gasteiger partial charge is 0.493 e. The zero-order valence-corrected chi connectivity index (χ0v) is 21.3. The van der Waals surface area contributed by atoms with Gasteiger partial charge in [0.05, 0.1) is 30.3 Å². The molecule has 0 bridgehead atoms. The molecule has 0 aliphatic rings. The van der Waals surface area contributed by atoms with E-state index < -0.39 is 5.97 Å². The molecule has 0 saturated heterocycles. The third-order valence-electron chi connectivity index (χ3n) is 6.22. The van der Waals surface area contributed by atoms with Gasteiger partial charge < -0.3 is 9.47 Å². The lowest BCUT2D eigenvalue weighted by Crippen LogP contribution is -2.10. The van der Waals surface area contributed by atoms with Gasteiger partial charge in [-0.2, -0.15) is 0 Å². The number of rotatable bonds is 14. The maximum absolute atomic E-state index is 12.6. The fraction of sp³-hybridized carbons (Fsp3) is 0.433. The van der Waals surface area contributed by atoms with Crippen LogP contribution in [0.4, 0.5) is 0 Å². The number of hydrogen-bond donors (Lipinski definition) is 0. The minimum absolute atomic E-state index is 0.174. The smallest absolute Gasteiger partial charge is 0.344 e. The topological polar surface area (TPSA) is 61.3 Å². The Kier molecular flexibility index (Phi) is 10.7. The SMILES string of the molecule is CCCCCCCCc1ccc(C(=O)Oc2cnc(-c3ccccc3OC[C@@H](C)CC)cn2)cc1. The van der Waals surface area contributed by atoms with Crippen LogP contribution in [0.1, 0.15) is 81.6 Å². The number of nitrogens with zero attached hydrogens (tertiary/aromatic N) is 2.